The lowest BCUT2D eigenvalue weighted by Crippen LogP contribution is -1.89. The Hall–Kier alpha value is -1.27. The number of hydrogen-bond donors (Lipinski definition) is 0. The zero-order valence-corrected chi connectivity index (χ0v) is 11.4. The van der Waals surface area contributed by atoms with Crippen molar-refractivity contribution in [2.24, 2.45) is 0 Å². The molecule has 0 fully saturated rings. The molecule has 1 aromatic heterocycles. The molecule has 0 N–H and O–H groups in total. The first-order valence-electron chi connectivity index (χ1n) is 5.08. The largest absolute Gasteiger partial charge is 0.236 e. The summed E-state index contributed by atoms with van der Waals surface area (Å²) in [5.74, 6) is 0. The van der Waals surface area contributed by atoms with E-state index in [0.29, 0.717) is 20.9 Å². The number of rotatable bonds is 2. The fourth-order valence-electron chi connectivity index (χ4n) is 1.59. The molecule has 0 amide bonds. The van der Waals surface area contributed by atoms with Crippen LogP contribution in [0.3, 0.4) is 0 Å². The minimum atomic E-state index is 0.281. The van der Waals surface area contributed by atoms with Crippen LogP contribution in [0.2, 0.25) is 15.2 Å². The lowest BCUT2D eigenvalue weighted by Gasteiger charge is -2.05. The summed E-state index contributed by atoms with van der Waals surface area (Å²) < 4.78 is 0. The first-order valence-corrected chi connectivity index (χ1v) is 6.22. The van der Waals surface area contributed by atoms with Crippen LogP contribution >= 0.6 is 34.8 Å². The molecule has 0 radical (unpaired) electrons. The van der Waals surface area contributed by atoms with Gasteiger partial charge in [-0.3, -0.25) is 0 Å². The second kappa shape index (κ2) is 5.58. The molecule has 5 heteroatoms. The number of nitrogens with zero attached hydrogens (tertiary/aromatic N) is 2. The molecular formula is C13H7Cl3N2. The summed E-state index contributed by atoms with van der Waals surface area (Å²) in [6, 6.07) is 10.7. The van der Waals surface area contributed by atoms with Crippen LogP contribution in [-0.2, 0) is 6.42 Å². The van der Waals surface area contributed by atoms with Crippen LogP contribution in [0.1, 0.15) is 5.56 Å². The highest BCUT2D eigenvalue weighted by atomic mass is 35.5. The Morgan fingerprint density at radius 1 is 1.00 bits per heavy atom. The minimum absolute atomic E-state index is 0.281. The molecule has 0 aliphatic heterocycles. The summed E-state index contributed by atoms with van der Waals surface area (Å²) in [4.78, 5) is 4.21. The van der Waals surface area contributed by atoms with Crippen LogP contribution in [-0.4, -0.2) is 4.98 Å². The van der Waals surface area contributed by atoms with Gasteiger partial charge in [0.15, 0.2) is 0 Å². The average molecular weight is 298 g/mol. The normalized spacial score (nSPS) is 10.1. The highest BCUT2D eigenvalue weighted by Gasteiger charge is 2.06. The fourth-order valence-corrected chi connectivity index (χ4v) is 2.35. The number of hydrogen-bond acceptors (Lipinski definition) is 2. The Kier molecular flexibility index (Phi) is 4.08. The van der Waals surface area contributed by atoms with Crippen LogP contribution in [0.5, 0.6) is 0 Å². The predicted molar refractivity (Wildman–Crippen MR) is 74.0 cm³/mol. The third-order valence-corrected chi connectivity index (χ3v) is 2.93. The van der Waals surface area contributed by atoms with E-state index in [4.69, 9.17) is 40.1 Å². The molecule has 18 heavy (non-hydrogen) atoms. The van der Waals surface area contributed by atoms with Gasteiger partial charge in [-0.2, -0.15) is 5.26 Å². The van der Waals surface area contributed by atoms with Crippen molar-refractivity contribution in [1.29, 1.82) is 5.26 Å². The first-order chi connectivity index (χ1) is 8.58. The Balaban J connectivity index is 2.53. The van der Waals surface area contributed by atoms with Crippen molar-refractivity contribution in [1.82, 2.24) is 4.98 Å². The van der Waals surface area contributed by atoms with E-state index in [9.17, 15) is 0 Å². The maximum atomic E-state index is 8.70. The molecule has 90 valence electrons. The molecular weight excluding hydrogens is 291 g/mol. The van der Waals surface area contributed by atoms with Crippen LogP contribution in [0.4, 0.5) is 0 Å². The van der Waals surface area contributed by atoms with Crippen molar-refractivity contribution in [2.45, 2.75) is 6.42 Å². The predicted octanol–water partition coefficient (Wildman–Crippen LogP) is 4.77. The monoisotopic (exact) mass is 296 g/mol. The van der Waals surface area contributed by atoms with Crippen LogP contribution in [0.25, 0.3) is 11.3 Å². The van der Waals surface area contributed by atoms with E-state index < -0.39 is 0 Å². The Labute approximate surface area is 120 Å². The molecule has 0 aliphatic rings. The van der Waals surface area contributed by atoms with Gasteiger partial charge in [0.25, 0.3) is 0 Å². The van der Waals surface area contributed by atoms with Crippen LogP contribution in [0, 0.1) is 11.3 Å². The summed E-state index contributed by atoms with van der Waals surface area (Å²) in [6.07, 6.45) is 0.281. The molecule has 0 saturated carbocycles. The van der Waals surface area contributed by atoms with Crippen molar-refractivity contribution >= 4 is 34.8 Å². The van der Waals surface area contributed by atoms with Crippen molar-refractivity contribution < 1.29 is 0 Å². The van der Waals surface area contributed by atoms with E-state index in [1.165, 1.54) is 0 Å². The van der Waals surface area contributed by atoms with Crippen molar-refractivity contribution in [2.75, 3.05) is 0 Å². The number of halogens is 3. The van der Waals surface area contributed by atoms with Gasteiger partial charge in [0.05, 0.1) is 18.2 Å². The van der Waals surface area contributed by atoms with Crippen molar-refractivity contribution in [3.63, 3.8) is 0 Å². The Morgan fingerprint density at radius 2 is 1.67 bits per heavy atom. The summed E-state index contributed by atoms with van der Waals surface area (Å²) in [7, 11) is 0. The quantitative estimate of drug-likeness (QED) is 0.748. The van der Waals surface area contributed by atoms with Crippen molar-refractivity contribution in [3.8, 4) is 17.3 Å². The van der Waals surface area contributed by atoms with Gasteiger partial charge < -0.3 is 0 Å². The van der Waals surface area contributed by atoms with E-state index in [1.54, 1.807) is 30.3 Å². The standard InChI is InChI=1S/C13H7Cl3N2/c14-10-5-9(6-11(15)7-10)12-3-8(1-2-17)4-13(16)18-12/h3-7H,1H2. The number of nitriles is 1. The zero-order valence-electron chi connectivity index (χ0n) is 9.12. The second-order valence-corrected chi connectivity index (χ2v) is 4.94. The van der Waals surface area contributed by atoms with Gasteiger partial charge in [0, 0.05) is 15.6 Å². The molecule has 0 atom stereocenters. The summed E-state index contributed by atoms with van der Waals surface area (Å²) >= 11 is 17.8. The summed E-state index contributed by atoms with van der Waals surface area (Å²) in [5.41, 5.74) is 2.23. The highest BCUT2D eigenvalue weighted by Crippen LogP contribution is 2.27. The topological polar surface area (TPSA) is 36.7 Å². The minimum Gasteiger partial charge on any atom is -0.236 e. The van der Waals surface area contributed by atoms with E-state index >= 15 is 0 Å². The summed E-state index contributed by atoms with van der Waals surface area (Å²) in [6.45, 7) is 0. The zero-order chi connectivity index (χ0) is 13.1. The molecule has 0 spiro atoms. The fraction of sp³-hybridized carbons (Fsp3) is 0.0769. The van der Waals surface area contributed by atoms with E-state index in [0.717, 1.165) is 11.1 Å². The van der Waals surface area contributed by atoms with Gasteiger partial charge in [0.2, 0.25) is 0 Å². The van der Waals surface area contributed by atoms with Gasteiger partial charge in [-0.15, -0.1) is 0 Å². The van der Waals surface area contributed by atoms with Crippen LogP contribution < -0.4 is 0 Å². The molecule has 0 bridgehead atoms. The van der Waals surface area contributed by atoms with Gasteiger partial charge in [-0.1, -0.05) is 34.8 Å². The van der Waals surface area contributed by atoms with Gasteiger partial charge in [-0.25, -0.2) is 4.98 Å². The molecule has 2 rings (SSSR count). The van der Waals surface area contributed by atoms with E-state index in [2.05, 4.69) is 11.1 Å². The average Bonchev–Trinajstić information content (AvgIpc) is 2.27. The van der Waals surface area contributed by atoms with Gasteiger partial charge in [0.1, 0.15) is 5.15 Å². The number of benzene rings is 1. The molecule has 0 saturated heterocycles. The first kappa shape index (κ1) is 13.2. The molecule has 1 heterocycles. The smallest absolute Gasteiger partial charge is 0.130 e. The molecule has 0 unspecified atom stereocenters. The third-order valence-electron chi connectivity index (χ3n) is 2.30. The van der Waals surface area contributed by atoms with E-state index in [-0.39, 0.29) is 6.42 Å². The molecule has 1 aromatic carbocycles. The lowest BCUT2D eigenvalue weighted by molar-refractivity contribution is 1.21. The third kappa shape index (κ3) is 3.14. The highest BCUT2D eigenvalue weighted by molar-refractivity contribution is 6.35. The molecule has 0 aliphatic carbocycles. The lowest BCUT2D eigenvalue weighted by atomic mass is 10.1. The molecule has 2 aromatic rings. The van der Waals surface area contributed by atoms with Crippen molar-refractivity contribution in [3.05, 3.63) is 51.1 Å². The van der Waals surface area contributed by atoms with E-state index in [1.807, 2.05) is 0 Å². The Morgan fingerprint density at radius 3 is 2.28 bits per heavy atom. The maximum Gasteiger partial charge on any atom is 0.130 e. The molecule has 2 nitrogen and oxygen atoms in total. The second-order valence-electron chi connectivity index (χ2n) is 3.68. The van der Waals surface area contributed by atoms with Crippen LogP contribution in [0.15, 0.2) is 30.3 Å². The van der Waals surface area contributed by atoms with Gasteiger partial charge in [-0.05, 0) is 35.9 Å². The SMILES string of the molecule is N#CCc1cc(Cl)nc(-c2cc(Cl)cc(Cl)c2)c1. The number of aromatic nitrogens is 1. The maximum absolute atomic E-state index is 8.70. The Bertz CT molecular complexity index is 612. The van der Waals surface area contributed by atoms with Gasteiger partial charge >= 0.3 is 0 Å². The number of pyridine rings is 1. The summed E-state index contributed by atoms with van der Waals surface area (Å²) in [5, 5.41) is 10.1.